The minimum Gasteiger partial charge on any atom is -0.489 e. The van der Waals surface area contributed by atoms with E-state index in [4.69, 9.17) is 28.6 Å². The first-order valence-corrected chi connectivity index (χ1v) is 9.31. The van der Waals surface area contributed by atoms with E-state index in [2.05, 4.69) is 22.5 Å². The van der Waals surface area contributed by atoms with E-state index in [0.29, 0.717) is 22.9 Å². The van der Waals surface area contributed by atoms with Crippen LogP contribution >= 0.6 is 23.8 Å². The van der Waals surface area contributed by atoms with Crippen molar-refractivity contribution < 1.29 is 4.74 Å². The molecule has 1 aromatic heterocycles. The normalized spacial score (nSPS) is 10.7. The number of nitrogens with one attached hydrogen (secondary N) is 2. The molecule has 1 heterocycles. The van der Waals surface area contributed by atoms with Crippen LogP contribution in [0.1, 0.15) is 30.3 Å². The highest BCUT2D eigenvalue weighted by Crippen LogP contribution is 2.24. The van der Waals surface area contributed by atoms with E-state index in [1.54, 1.807) is 4.68 Å². The van der Waals surface area contributed by atoms with Crippen LogP contribution in [0.3, 0.4) is 0 Å². The van der Waals surface area contributed by atoms with Crippen LogP contribution in [0.2, 0.25) is 5.02 Å². The fourth-order valence-electron chi connectivity index (χ4n) is 2.61. The van der Waals surface area contributed by atoms with Gasteiger partial charge in [-0.3, -0.25) is 5.10 Å². The molecule has 0 saturated carbocycles. The summed E-state index contributed by atoms with van der Waals surface area (Å²) in [6.45, 7) is 3.13. The zero-order valence-corrected chi connectivity index (χ0v) is 16.1. The lowest BCUT2D eigenvalue weighted by Crippen LogP contribution is -2.18. The van der Waals surface area contributed by atoms with Crippen molar-refractivity contribution in [3.05, 3.63) is 75.3 Å². The molecule has 5 nitrogen and oxygen atoms in total. The molecule has 0 aliphatic heterocycles. The second-order valence-corrected chi connectivity index (χ2v) is 6.71. The summed E-state index contributed by atoms with van der Waals surface area (Å²) in [5, 5.41) is 7.75. The summed E-state index contributed by atoms with van der Waals surface area (Å²) in [4.78, 5) is 0. The van der Waals surface area contributed by atoms with Gasteiger partial charge >= 0.3 is 0 Å². The van der Waals surface area contributed by atoms with Crippen molar-refractivity contribution in [2.75, 3.05) is 5.43 Å². The van der Waals surface area contributed by atoms with E-state index < -0.39 is 0 Å². The van der Waals surface area contributed by atoms with Crippen molar-refractivity contribution in [3.8, 4) is 5.75 Å². The number of nitrogens with zero attached hydrogens (tertiary/aromatic N) is 2. The lowest BCUT2D eigenvalue weighted by molar-refractivity contribution is 0.303. The highest BCUT2D eigenvalue weighted by Gasteiger charge is 2.09. The lowest BCUT2D eigenvalue weighted by atomic mass is 10.2. The molecule has 3 rings (SSSR count). The molecule has 0 aliphatic rings. The summed E-state index contributed by atoms with van der Waals surface area (Å²) < 4.78 is 8.35. The van der Waals surface area contributed by atoms with E-state index >= 15 is 0 Å². The Morgan fingerprint density at radius 2 is 2.04 bits per heavy atom. The maximum atomic E-state index is 6.18. The van der Waals surface area contributed by atoms with Gasteiger partial charge in [0.15, 0.2) is 5.82 Å². The minimum absolute atomic E-state index is 0.502. The van der Waals surface area contributed by atoms with Crippen LogP contribution in [0, 0.1) is 4.77 Å². The largest absolute Gasteiger partial charge is 0.489 e. The molecule has 0 bridgehead atoms. The molecule has 0 radical (unpaired) electrons. The van der Waals surface area contributed by atoms with Gasteiger partial charge in [-0.1, -0.05) is 48.9 Å². The Hall–Kier alpha value is -2.31. The van der Waals surface area contributed by atoms with E-state index in [0.717, 1.165) is 35.5 Å². The molecule has 0 fully saturated rings. The zero-order valence-electron chi connectivity index (χ0n) is 14.5. The Kier molecular flexibility index (Phi) is 6.30. The molecule has 136 valence electrons. The molecule has 26 heavy (non-hydrogen) atoms. The Balaban J connectivity index is 1.74. The first-order valence-electron chi connectivity index (χ1n) is 8.52. The minimum atomic E-state index is 0.502. The van der Waals surface area contributed by atoms with E-state index in [-0.39, 0.29) is 0 Å². The highest BCUT2D eigenvalue weighted by atomic mass is 35.5. The number of benzene rings is 2. The van der Waals surface area contributed by atoms with Gasteiger partial charge < -0.3 is 10.2 Å². The third-order valence-electron chi connectivity index (χ3n) is 3.90. The van der Waals surface area contributed by atoms with E-state index in [9.17, 15) is 0 Å². The number of aromatic nitrogens is 3. The van der Waals surface area contributed by atoms with Crippen LogP contribution in [0.15, 0.2) is 48.5 Å². The second-order valence-electron chi connectivity index (χ2n) is 5.89. The number of rotatable bonds is 8. The predicted octanol–water partition coefficient (Wildman–Crippen LogP) is 4.87. The molecule has 0 unspecified atom stereocenters. The van der Waals surface area contributed by atoms with Crippen LogP contribution in [0.25, 0.3) is 0 Å². The van der Waals surface area contributed by atoms with Gasteiger partial charge in [0.05, 0.1) is 6.54 Å². The molecule has 0 spiro atoms. The van der Waals surface area contributed by atoms with Crippen molar-refractivity contribution in [3.63, 3.8) is 0 Å². The standard InChI is InChI=1S/C19H21ClN4OS/c1-2-6-18-22-23-19(26)24(18)21-12-15-11-16(20)9-10-17(15)25-13-14-7-4-3-5-8-14/h3-5,7-11,21H,2,6,12-13H2,1H3,(H,23,26). The smallest absolute Gasteiger partial charge is 0.214 e. The number of hydrogen-bond acceptors (Lipinski definition) is 4. The van der Waals surface area contributed by atoms with Crippen molar-refractivity contribution in [1.82, 2.24) is 14.9 Å². The molecular weight excluding hydrogens is 368 g/mol. The average molecular weight is 389 g/mol. The van der Waals surface area contributed by atoms with Crippen LogP contribution in [-0.4, -0.2) is 14.9 Å². The monoisotopic (exact) mass is 388 g/mol. The zero-order chi connectivity index (χ0) is 18.4. The molecule has 0 saturated heterocycles. The summed E-state index contributed by atoms with van der Waals surface area (Å²) in [7, 11) is 0. The van der Waals surface area contributed by atoms with E-state index in [1.165, 1.54) is 0 Å². The highest BCUT2D eigenvalue weighted by molar-refractivity contribution is 7.71. The lowest BCUT2D eigenvalue weighted by Gasteiger charge is -2.14. The molecule has 0 atom stereocenters. The summed E-state index contributed by atoms with van der Waals surface area (Å²) in [5.74, 6) is 1.67. The quantitative estimate of drug-likeness (QED) is 0.540. The Morgan fingerprint density at radius 3 is 2.81 bits per heavy atom. The van der Waals surface area contributed by atoms with Gasteiger partial charge in [0.2, 0.25) is 4.77 Å². The number of aryl methyl sites for hydroxylation is 1. The molecule has 7 heteroatoms. The van der Waals surface area contributed by atoms with Crippen molar-refractivity contribution >= 4 is 23.8 Å². The van der Waals surface area contributed by atoms with Gasteiger partial charge in [0.25, 0.3) is 0 Å². The number of halogens is 1. The number of H-pyrrole nitrogens is 1. The summed E-state index contributed by atoms with van der Waals surface area (Å²) in [5.41, 5.74) is 5.38. The molecule has 0 aliphatic carbocycles. The van der Waals surface area contributed by atoms with Crippen molar-refractivity contribution in [2.45, 2.75) is 32.9 Å². The maximum Gasteiger partial charge on any atom is 0.214 e. The predicted molar refractivity (Wildman–Crippen MR) is 107 cm³/mol. The SMILES string of the molecule is CCCc1n[nH]c(=S)n1NCc1cc(Cl)ccc1OCc1ccccc1. The number of hydrogen-bond donors (Lipinski definition) is 2. The molecule has 2 N–H and O–H groups in total. The first kappa shape index (κ1) is 18.5. The fraction of sp³-hybridized carbons (Fsp3) is 0.263. The Labute approximate surface area is 162 Å². The van der Waals surface area contributed by atoms with Gasteiger partial charge in [-0.05, 0) is 42.4 Å². The topological polar surface area (TPSA) is 54.9 Å². The Bertz CT molecular complexity index is 907. The van der Waals surface area contributed by atoms with Gasteiger partial charge in [-0.15, -0.1) is 0 Å². The van der Waals surface area contributed by atoms with Gasteiger partial charge in [-0.25, -0.2) is 4.68 Å². The molecular formula is C19H21ClN4OS. The summed E-state index contributed by atoms with van der Waals surface area (Å²) >= 11 is 11.5. The third kappa shape index (κ3) is 4.65. The van der Waals surface area contributed by atoms with Crippen molar-refractivity contribution in [2.24, 2.45) is 0 Å². The van der Waals surface area contributed by atoms with Crippen molar-refractivity contribution in [1.29, 1.82) is 0 Å². The van der Waals surface area contributed by atoms with Gasteiger partial charge in [0.1, 0.15) is 12.4 Å². The number of aromatic amines is 1. The summed E-state index contributed by atoms with van der Waals surface area (Å²) in [6, 6.07) is 15.7. The van der Waals surface area contributed by atoms with Crippen LogP contribution in [0.4, 0.5) is 0 Å². The van der Waals surface area contributed by atoms with Crippen LogP contribution < -0.4 is 10.2 Å². The first-order chi connectivity index (χ1) is 12.7. The fourth-order valence-corrected chi connectivity index (χ4v) is 3.02. The van der Waals surface area contributed by atoms with Gasteiger partial charge in [-0.2, -0.15) is 5.10 Å². The van der Waals surface area contributed by atoms with Crippen LogP contribution in [-0.2, 0) is 19.6 Å². The molecule has 2 aromatic carbocycles. The maximum absolute atomic E-state index is 6.18. The summed E-state index contributed by atoms with van der Waals surface area (Å²) in [6.07, 6.45) is 1.83. The van der Waals surface area contributed by atoms with Gasteiger partial charge in [0, 0.05) is 17.0 Å². The third-order valence-corrected chi connectivity index (χ3v) is 4.41. The molecule has 0 amide bonds. The van der Waals surface area contributed by atoms with Crippen LogP contribution in [0.5, 0.6) is 5.75 Å². The number of ether oxygens (including phenoxy) is 1. The Morgan fingerprint density at radius 1 is 1.23 bits per heavy atom. The van der Waals surface area contributed by atoms with E-state index in [1.807, 2.05) is 48.5 Å². The molecule has 3 aromatic rings. The average Bonchev–Trinajstić information content (AvgIpc) is 3.00. The second kappa shape index (κ2) is 8.87.